The van der Waals surface area contributed by atoms with E-state index in [1.165, 1.54) is 77.5 Å². The van der Waals surface area contributed by atoms with E-state index < -0.39 is 0 Å². The number of hydrogen-bond acceptors (Lipinski definition) is 2. The van der Waals surface area contributed by atoms with Gasteiger partial charge in [0.2, 0.25) is 0 Å². The minimum atomic E-state index is 0.479. The van der Waals surface area contributed by atoms with Crippen molar-refractivity contribution in [3.8, 4) is 0 Å². The van der Waals surface area contributed by atoms with Crippen molar-refractivity contribution in [2.24, 2.45) is 17.3 Å². The SMILES string of the molecule is CC(C)(CN1CCCC2CCCCC21)C1CCCNC1. The molecule has 116 valence electrons. The highest BCUT2D eigenvalue weighted by Gasteiger charge is 2.38. The zero-order chi connectivity index (χ0) is 14.0. The van der Waals surface area contributed by atoms with Crippen molar-refractivity contribution < 1.29 is 0 Å². The van der Waals surface area contributed by atoms with E-state index in [1.54, 1.807) is 0 Å². The standard InChI is InChI=1S/C18H34N2/c1-18(2,16-9-5-11-19-13-16)14-20-12-6-8-15-7-3-4-10-17(15)20/h15-17,19H,3-14H2,1-2H3. The second-order valence-corrected chi connectivity index (χ2v) is 8.26. The molecule has 0 radical (unpaired) electrons. The first-order chi connectivity index (χ1) is 9.67. The van der Waals surface area contributed by atoms with Crippen molar-refractivity contribution in [1.29, 1.82) is 0 Å². The number of rotatable bonds is 3. The molecular formula is C18H34N2. The van der Waals surface area contributed by atoms with Crippen LogP contribution in [0.1, 0.15) is 65.2 Å². The van der Waals surface area contributed by atoms with Gasteiger partial charge < -0.3 is 5.32 Å². The first-order valence-corrected chi connectivity index (χ1v) is 9.11. The summed E-state index contributed by atoms with van der Waals surface area (Å²) in [6.45, 7) is 10.2. The van der Waals surface area contributed by atoms with Crippen molar-refractivity contribution >= 4 is 0 Å². The normalized spacial score (nSPS) is 36.6. The van der Waals surface area contributed by atoms with Gasteiger partial charge in [-0.05, 0) is 75.4 Å². The summed E-state index contributed by atoms with van der Waals surface area (Å²) in [6.07, 6.45) is 11.7. The van der Waals surface area contributed by atoms with E-state index in [0.717, 1.165) is 17.9 Å². The molecule has 0 spiro atoms. The molecule has 0 aromatic carbocycles. The third-order valence-corrected chi connectivity index (χ3v) is 6.37. The average Bonchev–Trinajstić information content (AvgIpc) is 2.48. The lowest BCUT2D eigenvalue weighted by atomic mass is 9.72. The Kier molecular flexibility index (Phi) is 4.72. The third-order valence-electron chi connectivity index (χ3n) is 6.37. The van der Waals surface area contributed by atoms with Crippen LogP contribution in [0.25, 0.3) is 0 Å². The van der Waals surface area contributed by atoms with Crippen molar-refractivity contribution in [2.45, 2.75) is 71.3 Å². The molecule has 3 aliphatic rings. The minimum Gasteiger partial charge on any atom is -0.316 e. The Labute approximate surface area is 125 Å². The Morgan fingerprint density at radius 1 is 1.00 bits per heavy atom. The zero-order valence-corrected chi connectivity index (χ0v) is 13.7. The van der Waals surface area contributed by atoms with E-state index in [0.29, 0.717) is 5.41 Å². The third kappa shape index (κ3) is 3.22. The maximum absolute atomic E-state index is 3.62. The van der Waals surface area contributed by atoms with E-state index in [-0.39, 0.29) is 0 Å². The van der Waals surface area contributed by atoms with E-state index in [9.17, 15) is 0 Å². The second-order valence-electron chi connectivity index (χ2n) is 8.26. The van der Waals surface area contributed by atoms with Crippen molar-refractivity contribution in [3.63, 3.8) is 0 Å². The molecule has 1 N–H and O–H groups in total. The van der Waals surface area contributed by atoms with E-state index in [1.807, 2.05) is 0 Å². The van der Waals surface area contributed by atoms with Crippen molar-refractivity contribution in [2.75, 3.05) is 26.2 Å². The second kappa shape index (κ2) is 6.36. The molecule has 1 aliphatic carbocycles. The number of piperidine rings is 2. The zero-order valence-electron chi connectivity index (χ0n) is 13.7. The summed E-state index contributed by atoms with van der Waals surface area (Å²) in [6, 6.07) is 0.924. The smallest absolute Gasteiger partial charge is 0.0124 e. The Morgan fingerprint density at radius 3 is 2.60 bits per heavy atom. The van der Waals surface area contributed by atoms with Crippen LogP contribution in [0, 0.1) is 17.3 Å². The number of likely N-dealkylation sites (tertiary alicyclic amines) is 1. The van der Waals surface area contributed by atoms with Gasteiger partial charge in [-0.25, -0.2) is 0 Å². The summed E-state index contributed by atoms with van der Waals surface area (Å²) in [7, 11) is 0. The minimum absolute atomic E-state index is 0.479. The summed E-state index contributed by atoms with van der Waals surface area (Å²) in [5, 5.41) is 3.62. The van der Waals surface area contributed by atoms with Crippen LogP contribution < -0.4 is 5.32 Å². The number of nitrogens with zero attached hydrogens (tertiary/aromatic N) is 1. The fourth-order valence-corrected chi connectivity index (χ4v) is 5.10. The molecule has 0 aromatic rings. The molecule has 3 fully saturated rings. The lowest BCUT2D eigenvalue weighted by Gasteiger charge is -2.49. The predicted octanol–water partition coefficient (Wildman–Crippen LogP) is 3.67. The fourth-order valence-electron chi connectivity index (χ4n) is 5.10. The van der Waals surface area contributed by atoms with Gasteiger partial charge in [-0.2, -0.15) is 0 Å². The monoisotopic (exact) mass is 278 g/mol. The molecule has 3 atom stereocenters. The molecule has 3 rings (SSSR count). The fraction of sp³-hybridized carbons (Fsp3) is 1.00. The molecule has 0 amide bonds. The lowest BCUT2D eigenvalue weighted by Crippen LogP contribution is -2.52. The summed E-state index contributed by atoms with van der Waals surface area (Å²) in [5.74, 6) is 1.90. The average molecular weight is 278 g/mol. The molecule has 2 heteroatoms. The quantitative estimate of drug-likeness (QED) is 0.847. The summed E-state index contributed by atoms with van der Waals surface area (Å²) < 4.78 is 0. The first kappa shape index (κ1) is 14.8. The Bertz CT molecular complexity index is 305. The van der Waals surface area contributed by atoms with E-state index >= 15 is 0 Å². The highest BCUT2D eigenvalue weighted by molar-refractivity contribution is 4.92. The lowest BCUT2D eigenvalue weighted by molar-refractivity contribution is 0.0111. The summed E-state index contributed by atoms with van der Waals surface area (Å²) >= 11 is 0. The molecule has 0 bridgehead atoms. The Hall–Kier alpha value is -0.0800. The molecule has 2 heterocycles. The van der Waals surface area contributed by atoms with Crippen LogP contribution in [0.15, 0.2) is 0 Å². The van der Waals surface area contributed by atoms with Gasteiger partial charge in [0, 0.05) is 12.6 Å². The molecule has 0 aromatic heterocycles. The van der Waals surface area contributed by atoms with Gasteiger partial charge in [-0.1, -0.05) is 26.7 Å². The Balaban J connectivity index is 1.62. The maximum atomic E-state index is 3.62. The Morgan fingerprint density at radius 2 is 1.80 bits per heavy atom. The summed E-state index contributed by atoms with van der Waals surface area (Å²) in [5.41, 5.74) is 0.479. The number of nitrogens with one attached hydrogen (secondary N) is 1. The number of fused-ring (bicyclic) bond motifs is 1. The van der Waals surface area contributed by atoms with E-state index in [2.05, 4.69) is 24.1 Å². The molecule has 3 unspecified atom stereocenters. The van der Waals surface area contributed by atoms with Gasteiger partial charge in [-0.3, -0.25) is 4.90 Å². The van der Waals surface area contributed by atoms with Gasteiger partial charge in [-0.15, -0.1) is 0 Å². The van der Waals surface area contributed by atoms with Crippen LogP contribution in [0.4, 0.5) is 0 Å². The van der Waals surface area contributed by atoms with Crippen molar-refractivity contribution in [3.05, 3.63) is 0 Å². The highest BCUT2D eigenvalue weighted by Crippen LogP contribution is 2.39. The first-order valence-electron chi connectivity index (χ1n) is 9.11. The van der Waals surface area contributed by atoms with Gasteiger partial charge in [0.05, 0.1) is 0 Å². The highest BCUT2D eigenvalue weighted by atomic mass is 15.2. The molecule has 2 aliphatic heterocycles. The van der Waals surface area contributed by atoms with Crippen LogP contribution in [0.2, 0.25) is 0 Å². The van der Waals surface area contributed by atoms with Crippen molar-refractivity contribution in [1.82, 2.24) is 10.2 Å². The van der Waals surface area contributed by atoms with Gasteiger partial charge in [0.1, 0.15) is 0 Å². The predicted molar refractivity (Wildman–Crippen MR) is 85.9 cm³/mol. The molecule has 1 saturated carbocycles. The van der Waals surface area contributed by atoms with Crippen LogP contribution in [0.3, 0.4) is 0 Å². The van der Waals surface area contributed by atoms with E-state index in [4.69, 9.17) is 0 Å². The number of hydrogen-bond donors (Lipinski definition) is 1. The summed E-state index contributed by atoms with van der Waals surface area (Å²) in [4.78, 5) is 2.89. The van der Waals surface area contributed by atoms with Gasteiger partial charge >= 0.3 is 0 Å². The van der Waals surface area contributed by atoms with Gasteiger partial charge in [0.15, 0.2) is 0 Å². The maximum Gasteiger partial charge on any atom is 0.0124 e. The molecular weight excluding hydrogens is 244 g/mol. The van der Waals surface area contributed by atoms with Crippen LogP contribution in [-0.4, -0.2) is 37.1 Å². The topological polar surface area (TPSA) is 15.3 Å². The molecule has 2 nitrogen and oxygen atoms in total. The van der Waals surface area contributed by atoms with Crippen LogP contribution >= 0.6 is 0 Å². The van der Waals surface area contributed by atoms with Crippen LogP contribution in [0.5, 0.6) is 0 Å². The largest absolute Gasteiger partial charge is 0.316 e. The van der Waals surface area contributed by atoms with Gasteiger partial charge in [0.25, 0.3) is 0 Å². The molecule has 2 saturated heterocycles. The van der Waals surface area contributed by atoms with Crippen LogP contribution in [-0.2, 0) is 0 Å². The molecule has 20 heavy (non-hydrogen) atoms.